The molecule has 1 aromatic heterocycles. The maximum absolute atomic E-state index is 5.97. The maximum atomic E-state index is 5.97. The first-order valence-corrected chi connectivity index (χ1v) is 7.63. The number of aromatic nitrogens is 1. The summed E-state index contributed by atoms with van der Waals surface area (Å²) < 4.78 is 5.69. The molecule has 3 heteroatoms. The summed E-state index contributed by atoms with van der Waals surface area (Å²) in [6.07, 6.45) is 11.3. The van der Waals surface area contributed by atoms with Crippen LogP contribution in [0.25, 0.3) is 0 Å². The first-order chi connectivity index (χ1) is 9.35. The molecule has 0 bridgehead atoms. The van der Waals surface area contributed by atoms with Crippen LogP contribution in [0.15, 0.2) is 18.5 Å². The van der Waals surface area contributed by atoms with Crippen molar-refractivity contribution in [2.45, 2.75) is 51.4 Å². The predicted octanol–water partition coefficient (Wildman–Crippen LogP) is 3.49. The quantitative estimate of drug-likeness (QED) is 0.826. The summed E-state index contributed by atoms with van der Waals surface area (Å²) >= 11 is 0. The number of ether oxygens (including phenoxy) is 1. The molecule has 1 fully saturated rings. The van der Waals surface area contributed by atoms with Crippen molar-refractivity contribution in [2.24, 2.45) is 11.7 Å². The van der Waals surface area contributed by atoms with Crippen molar-refractivity contribution < 1.29 is 4.74 Å². The standard InChI is InChI=1S/C16H26N2O/c1-2-8-19-15-9-14(11-18-12-15)16-7-5-3-4-6-13(16)10-17/h9,11-13,16H,2-8,10,17H2,1H3. The van der Waals surface area contributed by atoms with Gasteiger partial charge in [-0.25, -0.2) is 0 Å². The van der Waals surface area contributed by atoms with Crippen LogP contribution in [0.3, 0.4) is 0 Å². The molecule has 1 saturated carbocycles. The summed E-state index contributed by atoms with van der Waals surface area (Å²) in [6, 6.07) is 2.17. The molecule has 2 unspecified atom stereocenters. The summed E-state index contributed by atoms with van der Waals surface area (Å²) in [7, 11) is 0. The van der Waals surface area contributed by atoms with Gasteiger partial charge in [-0.05, 0) is 49.3 Å². The zero-order valence-electron chi connectivity index (χ0n) is 12.0. The van der Waals surface area contributed by atoms with Crippen molar-refractivity contribution in [3.05, 3.63) is 24.0 Å². The Hall–Kier alpha value is -1.09. The first-order valence-electron chi connectivity index (χ1n) is 7.63. The minimum atomic E-state index is 0.560. The van der Waals surface area contributed by atoms with E-state index < -0.39 is 0 Å². The minimum absolute atomic E-state index is 0.560. The van der Waals surface area contributed by atoms with Crippen LogP contribution in [0.1, 0.15) is 56.9 Å². The molecule has 2 N–H and O–H groups in total. The highest BCUT2D eigenvalue weighted by Gasteiger charge is 2.24. The molecular formula is C16H26N2O. The van der Waals surface area contributed by atoms with Crippen molar-refractivity contribution in [1.29, 1.82) is 0 Å². The van der Waals surface area contributed by atoms with Gasteiger partial charge in [-0.1, -0.05) is 26.2 Å². The second-order valence-electron chi connectivity index (χ2n) is 5.54. The van der Waals surface area contributed by atoms with Crippen LogP contribution < -0.4 is 10.5 Å². The van der Waals surface area contributed by atoms with E-state index in [0.717, 1.165) is 25.3 Å². The number of nitrogens with zero attached hydrogens (tertiary/aromatic N) is 1. The van der Waals surface area contributed by atoms with Gasteiger partial charge in [0.2, 0.25) is 0 Å². The van der Waals surface area contributed by atoms with Crippen LogP contribution in [0.2, 0.25) is 0 Å². The van der Waals surface area contributed by atoms with E-state index in [1.165, 1.54) is 37.7 Å². The lowest BCUT2D eigenvalue weighted by Gasteiger charge is -2.24. The fourth-order valence-corrected chi connectivity index (χ4v) is 3.04. The third-order valence-corrected chi connectivity index (χ3v) is 4.10. The summed E-state index contributed by atoms with van der Waals surface area (Å²) in [5.41, 5.74) is 7.28. The van der Waals surface area contributed by atoms with Gasteiger partial charge in [0.1, 0.15) is 5.75 Å². The monoisotopic (exact) mass is 262 g/mol. The molecule has 19 heavy (non-hydrogen) atoms. The van der Waals surface area contributed by atoms with E-state index >= 15 is 0 Å². The Labute approximate surface area is 116 Å². The number of rotatable bonds is 5. The van der Waals surface area contributed by atoms with Gasteiger partial charge in [0.15, 0.2) is 0 Å². The molecule has 0 aromatic carbocycles. The van der Waals surface area contributed by atoms with E-state index in [0.29, 0.717) is 11.8 Å². The van der Waals surface area contributed by atoms with Gasteiger partial charge < -0.3 is 10.5 Å². The van der Waals surface area contributed by atoms with E-state index in [4.69, 9.17) is 10.5 Å². The molecule has 1 aliphatic rings. The second-order valence-corrected chi connectivity index (χ2v) is 5.54. The zero-order valence-corrected chi connectivity index (χ0v) is 12.0. The Morgan fingerprint density at radius 2 is 2.11 bits per heavy atom. The van der Waals surface area contributed by atoms with Crippen molar-refractivity contribution in [1.82, 2.24) is 4.98 Å². The molecule has 0 spiro atoms. The van der Waals surface area contributed by atoms with Gasteiger partial charge in [0.05, 0.1) is 12.8 Å². The van der Waals surface area contributed by atoms with Gasteiger partial charge in [-0.2, -0.15) is 0 Å². The molecule has 1 aromatic rings. The smallest absolute Gasteiger partial charge is 0.137 e. The summed E-state index contributed by atoms with van der Waals surface area (Å²) in [5.74, 6) is 2.07. The van der Waals surface area contributed by atoms with Gasteiger partial charge >= 0.3 is 0 Å². The number of hydrogen-bond donors (Lipinski definition) is 1. The normalized spacial score (nSPS) is 23.9. The predicted molar refractivity (Wildman–Crippen MR) is 78.4 cm³/mol. The number of pyridine rings is 1. The highest BCUT2D eigenvalue weighted by Crippen LogP contribution is 2.36. The third-order valence-electron chi connectivity index (χ3n) is 4.10. The van der Waals surface area contributed by atoms with Gasteiger partial charge in [0.25, 0.3) is 0 Å². The molecular weight excluding hydrogens is 236 g/mol. The Kier molecular flexibility index (Phi) is 5.64. The molecule has 0 amide bonds. The number of nitrogens with two attached hydrogens (primary N) is 1. The van der Waals surface area contributed by atoms with E-state index in [1.54, 1.807) is 0 Å². The molecule has 106 valence electrons. The molecule has 1 heterocycles. The Bertz CT molecular complexity index is 381. The van der Waals surface area contributed by atoms with Crippen molar-refractivity contribution in [3.63, 3.8) is 0 Å². The van der Waals surface area contributed by atoms with Crippen molar-refractivity contribution >= 4 is 0 Å². The summed E-state index contributed by atoms with van der Waals surface area (Å²) in [6.45, 7) is 3.66. The largest absolute Gasteiger partial charge is 0.492 e. The lowest BCUT2D eigenvalue weighted by atomic mass is 9.83. The maximum Gasteiger partial charge on any atom is 0.137 e. The number of hydrogen-bond acceptors (Lipinski definition) is 3. The first kappa shape index (κ1) is 14.3. The Balaban J connectivity index is 2.13. The second kappa shape index (κ2) is 7.49. The molecule has 2 rings (SSSR count). The molecule has 1 aliphatic carbocycles. The summed E-state index contributed by atoms with van der Waals surface area (Å²) in [4.78, 5) is 4.35. The fourth-order valence-electron chi connectivity index (χ4n) is 3.04. The molecule has 2 atom stereocenters. The third kappa shape index (κ3) is 3.93. The molecule has 0 saturated heterocycles. The Morgan fingerprint density at radius 3 is 2.89 bits per heavy atom. The van der Waals surface area contributed by atoms with Gasteiger partial charge in [-0.15, -0.1) is 0 Å². The lowest BCUT2D eigenvalue weighted by Crippen LogP contribution is -2.21. The van der Waals surface area contributed by atoms with Crippen LogP contribution in [0.4, 0.5) is 0 Å². The van der Waals surface area contributed by atoms with Crippen LogP contribution in [-0.2, 0) is 0 Å². The van der Waals surface area contributed by atoms with E-state index in [9.17, 15) is 0 Å². The lowest BCUT2D eigenvalue weighted by molar-refractivity contribution is 0.314. The SMILES string of the molecule is CCCOc1cncc(C2CCCCCC2CN)c1. The average molecular weight is 262 g/mol. The van der Waals surface area contributed by atoms with Crippen LogP contribution in [-0.4, -0.2) is 18.1 Å². The molecule has 3 nitrogen and oxygen atoms in total. The highest BCUT2D eigenvalue weighted by molar-refractivity contribution is 5.27. The van der Waals surface area contributed by atoms with Crippen LogP contribution in [0, 0.1) is 5.92 Å². The summed E-state index contributed by atoms with van der Waals surface area (Å²) in [5, 5.41) is 0. The van der Waals surface area contributed by atoms with E-state index in [-0.39, 0.29) is 0 Å². The minimum Gasteiger partial charge on any atom is -0.492 e. The Morgan fingerprint density at radius 1 is 1.26 bits per heavy atom. The molecule has 0 radical (unpaired) electrons. The van der Waals surface area contributed by atoms with Crippen LogP contribution >= 0.6 is 0 Å². The zero-order chi connectivity index (χ0) is 13.5. The van der Waals surface area contributed by atoms with E-state index in [2.05, 4.69) is 18.0 Å². The fraction of sp³-hybridized carbons (Fsp3) is 0.688. The van der Waals surface area contributed by atoms with Crippen molar-refractivity contribution in [2.75, 3.05) is 13.2 Å². The van der Waals surface area contributed by atoms with Crippen LogP contribution in [0.5, 0.6) is 5.75 Å². The van der Waals surface area contributed by atoms with Gasteiger partial charge in [0, 0.05) is 6.20 Å². The highest BCUT2D eigenvalue weighted by atomic mass is 16.5. The molecule has 0 aliphatic heterocycles. The van der Waals surface area contributed by atoms with Crippen molar-refractivity contribution in [3.8, 4) is 5.75 Å². The topological polar surface area (TPSA) is 48.1 Å². The van der Waals surface area contributed by atoms with Gasteiger partial charge in [-0.3, -0.25) is 4.98 Å². The van der Waals surface area contributed by atoms with E-state index in [1.807, 2.05) is 12.4 Å². The average Bonchev–Trinajstić information content (AvgIpc) is 2.70.